The van der Waals surface area contributed by atoms with Gasteiger partial charge in [-0.05, 0) is 23.6 Å². The smallest absolute Gasteiger partial charge is 0.341 e. The molecule has 3 aromatic heterocycles. The molecular formula is C15H11NO4S2. The van der Waals surface area contributed by atoms with Crippen molar-refractivity contribution < 1.29 is 18.7 Å². The van der Waals surface area contributed by atoms with E-state index in [1.54, 1.807) is 29.6 Å². The van der Waals surface area contributed by atoms with Gasteiger partial charge in [-0.1, -0.05) is 6.07 Å². The second kappa shape index (κ2) is 6.17. The van der Waals surface area contributed by atoms with Crippen molar-refractivity contribution in [3.05, 3.63) is 51.7 Å². The van der Waals surface area contributed by atoms with Crippen LogP contribution in [-0.4, -0.2) is 19.0 Å². The number of ether oxygens (including phenoxy) is 1. The lowest BCUT2D eigenvalue weighted by Crippen LogP contribution is -2.13. The van der Waals surface area contributed by atoms with Crippen LogP contribution in [0.4, 0.5) is 5.00 Å². The summed E-state index contributed by atoms with van der Waals surface area (Å²) in [5.74, 6) is -0.226. The van der Waals surface area contributed by atoms with Crippen molar-refractivity contribution >= 4 is 39.6 Å². The predicted molar refractivity (Wildman–Crippen MR) is 85.6 cm³/mol. The van der Waals surface area contributed by atoms with E-state index in [0.717, 1.165) is 0 Å². The average Bonchev–Trinajstić information content (AvgIpc) is 3.26. The number of esters is 1. The van der Waals surface area contributed by atoms with Gasteiger partial charge in [-0.3, -0.25) is 4.79 Å². The number of furan rings is 1. The van der Waals surface area contributed by atoms with Crippen molar-refractivity contribution in [2.75, 3.05) is 12.4 Å². The molecule has 112 valence electrons. The Morgan fingerprint density at radius 2 is 2.09 bits per heavy atom. The number of thiophene rings is 2. The molecule has 0 fully saturated rings. The Balaban J connectivity index is 1.98. The molecule has 0 aromatic carbocycles. The third-order valence-corrected chi connectivity index (χ3v) is 4.70. The van der Waals surface area contributed by atoms with E-state index in [9.17, 15) is 9.59 Å². The van der Waals surface area contributed by atoms with Gasteiger partial charge in [0.25, 0.3) is 5.91 Å². The summed E-state index contributed by atoms with van der Waals surface area (Å²) in [6.45, 7) is 0. The minimum absolute atomic E-state index is 0.256. The number of nitrogens with one attached hydrogen (secondary N) is 1. The number of rotatable bonds is 4. The first-order valence-corrected chi connectivity index (χ1v) is 8.05. The summed E-state index contributed by atoms with van der Waals surface area (Å²) in [6, 6.07) is 7.00. The van der Waals surface area contributed by atoms with E-state index in [1.165, 1.54) is 36.0 Å². The van der Waals surface area contributed by atoms with Crippen LogP contribution >= 0.6 is 22.7 Å². The van der Waals surface area contributed by atoms with Gasteiger partial charge in [-0.2, -0.15) is 0 Å². The largest absolute Gasteiger partial charge is 0.465 e. The minimum atomic E-state index is -0.519. The molecule has 0 atom stereocenters. The maximum absolute atomic E-state index is 12.2. The van der Waals surface area contributed by atoms with Crippen LogP contribution in [0.15, 0.2) is 45.7 Å². The summed E-state index contributed by atoms with van der Waals surface area (Å²) < 4.78 is 10.2. The minimum Gasteiger partial charge on any atom is -0.465 e. The number of hydrogen-bond donors (Lipinski definition) is 1. The fourth-order valence-corrected chi connectivity index (χ4v) is 3.49. The van der Waals surface area contributed by atoms with Gasteiger partial charge >= 0.3 is 5.97 Å². The zero-order chi connectivity index (χ0) is 15.5. The maximum Gasteiger partial charge on any atom is 0.341 e. The van der Waals surface area contributed by atoms with Crippen LogP contribution in [0.1, 0.15) is 20.0 Å². The highest BCUT2D eigenvalue weighted by Gasteiger charge is 2.24. The molecule has 7 heteroatoms. The number of amides is 1. The van der Waals surface area contributed by atoms with Crippen LogP contribution in [0, 0.1) is 0 Å². The molecule has 0 saturated heterocycles. The SMILES string of the molecule is COC(=O)c1c(-c2ccco2)csc1NC(=O)c1cccs1. The van der Waals surface area contributed by atoms with E-state index in [0.29, 0.717) is 26.8 Å². The number of methoxy groups -OCH3 is 1. The highest BCUT2D eigenvalue weighted by molar-refractivity contribution is 7.15. The molecule has 22 heavy (non-hydrogen) atoms. The Kier molecular flexibility index (Phi) is 4.08. The monoisotopic (exact) mass is 333 g/mol. The summed E-state index contributed by atoms with van der Waals surface area (Å²) in [4.78, 5) is 24.8. The molecular weight excluding hydrogens is 322 g/mol. The first-order chi connectivity index (χ1) is 10.7. The molecule has 3 aromatic rings. The van der Waals surface area contributed by atoms with Crippen LogP contribution in [0.2, 0.25) is 0 Å². The standard InChI is InChI=1S/C15H11NO4S2/c1-19-15(18)12-9(10-4-2-6-20-10)8-22-14(12)16-13(17)11-5-3-7-21-11/h2-8H,1H3,(H,16,17). The second-order valence-electron chi connectivity index (χ2n) is 4.25. The zero-order valence-electron chi connectivity index (χ0n) is 11.5. The number of hydrogen-bond acceptors (Lipinski definition) is 6. The number of carbonyl (C=O) groups is 2. The normalized spacial score (nSPS) is 10.4. The Morgan fingerprint density at radius 3 is 2.73 bits per heavy atom. The Morgan fingerprint density at radius 1 is 1.23 bits per heavy atom. The Hall–Kier alpha value is -2.38. The van der Waals surface area contributed by atoms with Crippen LogP contribution in [0.5, 0.6) is 0 Å². The molecule has 0 unspecified atom stereocenters. The fraction of sp³-hybridized carbons (Fsp3) is 0.0667. The molecule has 0 bridgehead atoms. The van der Waals surface area contributed by atoms with E-state index in [1.807, 2.05) is 5.38 Å². The molecule has 3 rings (SSSR count). The number of anilines is 1. The molecule has 0 spiro atoms. The molecule has 1 amide bonds. The summed E-state index contributed by atoms with van der Waals surface area (Å²) in [6.07, 6.45) is 1.53. The maximum atomic E-state index is 12.2. The lowest BCUT2D eigenvalue weighted by molar-refractivity contribution is 0.0603. The van der Waals surface area contributed by atoms with Gasteiger partial charge in [0.05, 0.1) is 18.3 Å². The Bertz CT molecular complexity index is 788. The van der Waals surface area contributed by atoms with Crippen molar-refractivity contribution in [2.45, 2.75) is 0 Å². The molecule has 0 aliphatic heterocycles. The third-order valence-electron chi connectivity index (χ3n) is 2.94. The molecule has 0 aliphatic carbocycles. The number of carbonyl (C=O) groups excluding carboxylic acids is 2. The lowest BCUT2D eigenvalue weighted by atomic mass is 10.1. The zero-order valence-corrected chi connectivity index (χ0v) is 13.1. The predicted octanol–water partition coefficient (Wildman–Crippen LogP) is 4.11. The van der Waals surface area contributed by atoms with Crippen molar-refractivity contribution in [3.63, 3.8) is 0 Å². The van der Waals surface area contributed by atoms with E-state index in [2.05, 4.69) is 5.32 Å². The highest BCUT2D eigenvalue weighted by Crippen LogP contribution is 2.36. The third kappa shape index (κ3) is 2.68. The highest BCUT2D eigenvalue weighted by atomic mass is 32.1. The van der Waals surface area contributed by atoms with E-state index < -0.39 is 5.97 Å². The molecule has 0 radical (unpaired) electrons. The van der Waals surface area contributed by atoms with E-state index in [-0.39, 0.29) is 5.91 Å². The lowest BCUT2D eigenvalue weighted by Gasteiger charge is -2.05. The molecule has 0 aliphatic rings. The van der Waals surface area contributed by atoms with Crippen LogP contribution in [-0.2, 0) is 4.74 Å². The molecule has 3 heterocycles. The van der Waals surface area contributed by atoms with Crippen LogP contribution in [0.25, 0.3) is 11.3 Å². The van der Waals surface area contributed by atoms with Gasteiger partial charge in [0.2, 0.25) is 0 Å². The van der Waals surface area contributed by atoms with Gasteiger partial charge in [-0.15, -0.1) is 22.7 Å². The fourth-order valence-electron chi connectivity index (χ4n) is 1.94. The first-order valence-electron chi connectivity index (χ1n) is 6.29. The van der Waals surface area contributed by atoms with Gasteiger partial charge in [0, 0.05) is 10.9 Å². The summed E-state index contributed by atoms with van der Waals surface area (Å²) >= 11 is 2.59. The summed E-state index contributed by atoms with van der Waals surface area (Å²) in [5.41, 5.74) is 0.899. The summed E-state index contributed by atoms with van der Waals surface area (Å²) in [5, 5.41) is 6.78. The van der Waals surface area contributed by atoms with E-state index >= 15 is 0 Å². The van der Waals surface area contributed by atoms with Crippen molar-refractivity contribution in [1.29, 1.82) is 0 Å². The molecule has 1 N–H and O–H groups in total. The topological polar surface area (TPSA) is 68.5 Å². The van der Waals surface area contributed by atoms with Gasteiger partial charge < -0.3 is 14.5 Å². The first kappa shape index (κ1) is 14.6. The van der Waals surface area contributed by atoms with Crippen molar-refractivity contribution in [2.24, 2.45) is 0 Å². The van der Waals surface area contributed by atoms with E-state index in [4.69, 9.17) is 9.15 Å². The quantitative estimate of drug-likeness (QED) is 0.730. The Labute approximate surface area is 134 Å². The molecule has 5 nitrogen and oxygen atoms in total. The van der Waals surface area contributed by atoms with Gasteiger partial charge in [-0.25, -0.2) is 4.79 Å². The summed E-state index contributed by atoms with van der Waals surface area (Å²) in [7, 11) is 1.30. The molecule has 0 saturated carbocycles. The van der Waals surface area contributed by atoms with Crippen LogP contribution < -0.4 is 5.32 Å². The second-order valence-corrected chi connectivity index (χ2v) is 6.08. The van der Waals surface area contributed by atoms with Gasteiger partial charge in [0.15, 0.2) is 0 Å². The van der Waals surface area contributed by atoms with Gasteiger partial charge in [0.1, 0.15) is 16.3 Å². The average molecular weight is 333 g/mol. The van der Waals surface area contributed by atoms with Crippen LogP contribution in [0.3, 0.4) is 0 Å². The van der Waals surface area contributed by atoms with Crippen molar-refractivity contribution in [1.82, 2.24) is 0 Å². The van der Waals surface area contributed by atoms with Crippen molar-refractivity contribution in [3.8, 4) is 11.3 Å².